The van der Waals surface area contributed by atoms with Gasteiger partial charge >= 0.3 is 0 Å². The van der Waals surface area contributed by atoms with Crippen LogP contribution in [0.2, 0.25) is 0 Å². The Hall–Kier alpha value is -5.37. The molecule has 8 rings (SSSR count). The molecule has 0 radical (unpaired) electrons. The highest BCUT2D eigenvalue weighted by Crippen LogP contribution is 2.62. The predicted octanol–water partition coefficient (Wildman–Crippen LogP) is 9.67. The van der Waals surface area contributed by atoms with Crippen LogP contribution in [0.15, 0.2) is 144 Å². The summed E-state index contributed by atoms with van der Waals surface area (Å²) in [5, 5.41) is 25.3. The van der Waals surface area contributed by atoms with E-state index in [0.29, 0.717) is 53.3 Å². The van der Waals surface area contributed by atoms with Crippen molar-refractivity contribution in [1.29, 1.82) is 0 Å². The van der Waals surface area contributed by atoms with E-state index < -0.39 is 27.8 Å². The van der Waals surface area contributed by atoms with E-state index in [0.717, 1.165) is 47.9 Å². The Balaban J connectivity index is 1.30. The summed E-state index contributed by atoms with van der Waals surface area (Å²) in [6.45, 7) is 6.45. The van der Waals surface area contributed by atoms with E-state index in [2.05, 4.69) is 35.8 Å². The summed E-state index contributed by atoms with van der Waals surface area (Å²) >= 11 is 0. The number of aliphatic hydroxyl groups excluding tert-OH is 2. The molecule has 0 saturated heterocycles. The number of likely N-dealkylation sites (N-methyl/N-ethyl adjacent to an activating group) is 1. The number of para-hydroxylation sites is 1. The normalized spacial score (nSPS) is 23.4. The first kappa shape index (κ1) is 44.2. The molecule has 6 atom stereocenters. The SMILES string of the molecule is C=CCO[C@@]12Oc3ccc(Oc4ccc(-c5ccccc5)cc4)cc3[C@H]3[C@H](CCCCO)[C@@H](CCCCO)C=C(C(=NOCC)C[C@@H]1N(C)S(=O)(=O)c1cccc4cccnc14)[C@H]32. The van der Waals surface area contributed by atoms with Gasteiger partial charge in [0.05, 0.1) is 29.8 Å². The second-order valence-corrected chi connectivity index (χ2v) is 18.5. The second-order valence-electron chi connectivity index (χ2n) is 16.5. The zero-order chi connectivity index (χ0) is 44.0. The van der Waals surface area contributed by atoms with Gasteiger partial charge in [-0.25, -0.2) is 8.42 Å². The van der Waals surface area contributed by atoms with Crippen molar-refractivity contribution >= 4 is 26.6 Å². The van der Waals surface area contributed by atoms with E-state index in [1.807, 2.05) is 73.7 Å². The van der Waals surface area contributed by atoms with Crippen LogP contribution in [-0.2, 0) is 19.6 Å². The lowest BCUT2D eigenvalue weighted by Gasteiger charge is -2.59. The van der Waals surface area contributed by atoms with Gasteiger partial charge in [0.2, 0.25) is 15.8 Å². The van der Waals surface area contributed by atoms with E-state index in [-0.39, 0.29) is 48.9 Å². The third-order valence-electron chi connectivity index (χ3n) is 12.8. The molecule has 0 spiro atoms. The first-order valence-electron chi connectivity index (χ1n) is 22.1. The van der Waals surface area contributed by atoms with Crippen LogP contribution in [0, 0.1) is 17.8 Å². The zero-order valence-electron chi connectivity index (χ0n) is 36.0. The first-order chi connectivity index (χ1) is 30.7. The topological polar surface area (TPSA) is 140 Å². The fourth-order valence-electron chi connectivity index (χ4n) is 10.00. The van der Waals surface area contributed by atoms with Gasteiger partial charge in [-0.05, 0) is 104 Å². The Bertz CT molecular complexity index is 2540. The van der Waals surface area contributed by atoms with Crippen molar-refractivity contribution in [1.82, 2.24) is 9.29 Å². The summed E-state index contributed by atoms with van der Waals surface area (Å²) in [5.41, 5.74) is 5.01. The molecule has 0 unspecified atom stereocenters. The Labute approximate surface area is 370 Å². The molecule has 0 bridgehead atoms. The summed E-state index contributed by atoms with van der Waals surface area (Å²) in [4.78, 5) is 10.4. The maximum Gasteiger partial charge on any atom is 0.245 e. The van der Waals surface area contributed by atoms with Crippen molar-refractivity contribution in [3.05, 3.63) is 139 Å². The molecule has 63 heavy (non-hydrogen) atoms. The number of nitrogens with zero attached hydrogens (tertiary/aromatic N) is 3. The van der Waals surface area contributed by atoms with Gasteiger partial charge in [-0.2, -0.15) is 4.31 Å². The predicted molar refractivity (Wildman–Crippen MR) is 245 cm³/mol. The van der Waals surface area contributed by atoms with Crippen molar-refractivity contribution < 1.29 is 37.7 Å². The van der Waals surface area contributed by atoms with E-state index in [1.165, 1.54) is 4.31 Å². The van der Waals surface area contributed by atoms with Crippen LogP contribution < -0.4 is 9.47 Å². The van der Waals surface area contributed by atoms with Crippen LogP contribution in [0.5, 0.6) is 17.2 Å². The number of unbranched alkanes of at least 4 members (excludes halogenated alkanes) is 2. The van der Waals surface area contributed by atoms with Gasteiger partial charge in [-0.3, -0.25) is 4.98 Å². The van der Waals surface area contributed by atoms with Gasteiger partial charge < -0.3 is 29.3 Å². The number of sulfonamides is 1. The molecule has 1 aliphatic heterocycles. The van der Waals surface area contributed by atoms with Gasteiger partial charge in [-0.15, -0.1) is 6.58 Å². The minimum absolute atomic E-state index is 0.00929. The summed E-state index contributed by atoms with van der Waals surface area (Å²) in [6, 6.07) is 31.9. The molecule has 12 heteroatoms. The number of aromatic nitrogens is 1. The van der Waals surface area contributed by atoms with Crippen molar-refractivity contribution in [3.63, 3.8) is 0 Å². The highest BCUT2D eigenvalue weighted by molar-refractivity contribution is 7.89. The number of benzene rings is 4. The number of oxime groups is 1. The number of rotatable bonds is 19. The van der Waals surface area contributed by atoms with Crippen molar-refractivity contribution in [2.75, 3.05) is 33.5 Å². The van der Waals surface area contributed by atoms with Gasteiger partial charge in [0.15, 0.2) is 0 Å². The molecule has 1 saturated carbocycles. The zero-order valence-corrected chi connectivity index (χ0v) is 36.8. The lowest BCUT2D eigenvalue weighted by Crippen LogP contribution is -2.69. The third-order valence-corrected chi connectivity index (χ3v) is 14.7. The number of pyridine rings is 1. The monoisotopic (exact) mass is 871 g/mol. The summed E-state index contributed by atoms with van der Waals surface area (Å²) in [7, 11) is -2.66. The first-order valence-corrected chi connectivity index (χ1v) is 23.5. The number of hydrogen-bond donors (Lipinski definition) is 2. The number of hydrogen-bond acceptors (Lipinski definition) is 10. The number of fused-ring (bicyclic) bond motifs is 3. The molecule has 330 valence electrons. The van der Waals surface area contributed by atoms with E-state index in [1.54, 1.807) is 37.5 Å². The van der Waals surface area contributed by atoms with Gasteiger partial charge in [0, 0.05) is 49.7 Å². The summed E-state index contributed by atoms with van der Waals surface area (Å²) < 4.78 is 52.5. The average molecular weight is 872 g/mol. The molecule has 2 aliphatic carbocycles. The van der Waals surface area contributed by atoms with Gasteiger partial charge in [0.1, 0.15) is 28.8 Å². The minimum atomic E-state index is -4.24. The van der Waals surface area contributed by atoms with Crippen molar-refractivity contribution in [2.45, 2.75) is 74.5 Å². The Morgan fingerprint density at radius 3 is 2.38 bits per heavy atom. The standard InChI is InChI=1S/C51H57N3O8S/c1-4-31-59-51-47(54(3)63(57,58)46-21-13-18-37-19-14-28-52-50(37)46)34-44(53-60-5-2)42-32-38(17-9-11-29-55)41(20-10-12-30-56)48(49(42)51)43-33-40(26-27-45(43)62-51)61-39-24-22-36(23-25-39)35-15-7-6-8-16-35/h4,6-8,13-16,18-19,21-28,32-33,38,41,47-49,55-56H,1,5,9-12,17,20,29-31,34H2,2-3H3/t38-,41+,47-,48+,49+,51+/m0/s1. The Morgan fingerprint density at radius 1 is 0.905 bits per heavy atom. The van der Waals surface area contributed by atoms with Crippen molar-refractivity contribution in [3.8, 4) is 28.4 Å². The maximum atomic E-state index is 15.1. The molecule has 2 heterocycles. The number of ether oxygens (including phenoxy) is 3. The summed E-state index contributed by atoms with van der Waals surface area (Å²) in [6.07, 6.45) is 10.1. The highest BCUT2D eigenvalue weighted by Gasteiger charge is 2.65. The van der Waals surface area contributed by atoms with Crippen LogP contribution in [-0.4, -0.2) is 78.9 Å². The molecule has 0 amide bonds. The molecular formula is C51H57N3O8S. The largest absolute Gasteiger partial charge is 0.460 e. The minimum Gasteiger partial charge on any atom is -0.460 e. The van der Waals surface area contributed by atoms with E-state index in [9.17, 15) is 10.2 Å². The van der Waals surface area contributed by atoms with Crippen LogP contribution in [0.3, 0.4) is 0 Å². The molecule has 11 nitrogen and oxygen atoms in total. The molecule has 1 fully saturated rings. The molecule has 3 aliphatic rings. The maximum absolute atomic E-state index is 15.1. The fraction of sp³-hybridized carbons (Fsp3) is 0.373. The van der Waals surface area contributed by atoms with Gasteiger partial charge in [-0.1, -0.05) is 90.8 Å². The quantitative estimate of drug-likeness (QED) is 0.0472. The summed E-state index contributed by atoms with van der Waals surface area (Å²) in [5.74, 6) is -0.438. The molecule has 1 aromatic heterocycles. The Morgan fingerprint density at radius 2 is 1.63 bits per heavy atom. The third kappa shape index (κ3) is 8.79. The van der Waals surface area contributed by atoms with Crippen LogP contribution in [0.1, 0.15) is 63.4 Å². The van der Waals surface area contributed by atoms with Crippen LogP contribution in [0.4, 0.5) is 0 Å². The molecule has 5 aromatic rings. The van der Waals surface area contributed by atoms with Crippen LogP contribution >= 0.6 is 0 Å². The van der Waals surface area contributed by atoms with Crippen LogP contribution in [0.25, 0.3) is 22.0 Å². The second kappa shape index (κ2) is 19.6. The lowest BCUT2D eigenvalue weighted by atomic mass is 9.55. The van der Waals surface area contributed by atoms with E-state index >= 15 is 8.42 Å². The molecular weight excluding hydrogens is 815 g/mol. The fourth-order valence-corrected chi connectivity index (χ4v) is 11.5. The smallest absolute Gasteiger partial charge is 0.245 e. The molecule has 2 N–H and O–H groups in total. The van der Waals surface area contributed by atoms with Crippen molar-refractivity contribution in [2.24, 2.45) is 22.9 Å². The highest BCUT2D eigenvalue weighted by atomic mass is 32.2. The lowest BCUT2D eigenvalue weighted by molar-refractivity contribution is -0.250. The Kier molecular flexibility index (Phi) is 13.7. The number of allylic oxidation sites excluding steroid dienone is 1. The van der Waals surface area contributed by atoms with E-state index in [4.69, 9.17) is 24.2 Å². The molecule has 4 aromatic carbocycles. The average Bonchev–Trinajstić information content (AvgIpc) is 3.31. The number of aliphatic hydroxyl groups is 2. The van der Waals surface area contributed by atoms with Gasteiger partial charge in [0.25, 0.3) is 0 Å².